The van der Waals surface area contributed by atoms with E-state index in [0.717, 1.165) is 5.56 Å². The van der Waals surface area contributed by atoms with Gasteiger partial charge in [0.1, 0.15) is 6.61 Å². The van der Waals surface area contributed by atoms with Crippen LogP contribution in [0.2, 0.25) is 0 Å². The van der Waals surface area contributed by atoms with Crippen molar-refractivity contribution in [2.45, 2.75) is 6.92 Å². The molecule has 1 aromatic carbocycles. The molecule has 0 unspecified atom stereocenters. The summed E-state index contributed by atoms with van der Waals surface area (Å²) in [5, 5.41) is 17.7. The lowest BCUT2D eigenvalue weighted by Crippen LogP contribution is -2.16. The summed E-state index contributed by atoms with van der Waals surface area (Å²) in [7, 11) is 1.21. The predicted octanol–water partition coefficient (Wildman–Crippen LogP) is 1.13. The van der Waals surface area contributed by atoms with E-state index < -0.39 is 11.9 Å². The summed E-state index contributed by atoms with van der Waals surface area (Å²) in [5.74, 6) is -1.11. The summed E-state index contributed by atoms with van der Waals surface area (Å²) >= 11 is 0. The van der Waals surface area contributed by atoms with Crippen LogP contribution in [0.1, 0.15) is 26.3 Å². The molecular weight excluding hydrogens is 302 g/mol. The van der Waals surface area contributed by atoms with Crippen molar-refractivity contribution in [1.29, 1.82) is 0 Å². The summed E-state index contributed by atoms with van der Waals surface area (Å²) in [5.41, 5.74) is 1.21. The number of nitrogens with one attached hydrogen (secondary N) is 2. The standard InChI is InChI=1S/C15H17N3O5/c1-9-5-3-4-6-10(9)13(20)16-12-11(15(21)22-2)14(18-17-12)23-8-7-19/h3-6,19H,7-8H2,1-2H3,(H2,16,17,18,20). The second kappa shape index (κ2) is 7.41. The third kappa shape index (κ3) is 3.67. The van der Waals surface area contributed by atoms with E-state index in [0.29, 0.717) is 5.56 Å². The highest BCUT2D eigenvalue weighted by Crippen LogP contribution is 2.25. The molecule has 0 saturated carbocycles. The van der Waals surface area contributed by atoms with Gasteiger partial charge in [0.25, 0.3) is 5.91 Å². The van der Waals surface area contributed by atoms with Crippen molar-refractivity contribution in [3.8, 4) is 5.88 Å². The number of methoxy groups -OCH3 is 1. The molecule has 1 aromatic heterocycles. The number of aliphatic hydroxyl groups is 1. The van der Waals surface area contributed by atoms with Crippen LogP contribution < -0.4 is 10.1 Å². The number of H-pyrrole nitrogens is 1. The zero-order valence-electron chi connectivity index (χ0n) is 12.8. The van der Waals surface area contributed by atoms with Crippen LogP contribution in [0, 0.1) is 6.92 Å². The number of esters is 1. The fourth-order valence-electron chi connectivity index (χ4n) is 1.96. The Kier molecular flexibility index (Phi) is 5.32. The summed E-state index contributed by atoms with van der Waals surface area (Å²) in [6.45, 7) is 1.54. The Morgan fingerprint density at radius 3 is 2.74 bits per heavy atom. The lowest BCUT2D eigenvalue weighted by atomic mass is 10.1. The number of aromatic amines is 1. The first-order chi connectivity index (χ1) is 11.1. The number of benzene rings is 1. The van der Waals surface area contributed by atoms with Crippen LogP contribution in [-0.2, 0) is 4.74 Å². The van der Waals surface area contributed by atoms with E-state index in [4.69, 9.17) is 9.84 Å². The minimum atomic E-state index is -0.716. The first-order valence-electron chi connectivity index (χ1n) is 6.85. The second-order valence-electron chi connectivity index (χ2n) is 4.61. The highest BCUT2D eigenvalue weighted by atomic mass is 16.5. The van der Waals surface area contributed by atoms with Gasteiger partial charge < -0.3 is 19.9 Å². The van der Waals surface area contributed by atoms with E-state index in [1.165, 1.54) is 7.11 Å². The number of ether oxygens (including phenoxy) is 2. The molecule has 122 valence electrons. The van der Waals surface area contributed by atoms with E-state index in [1.807, 2.05) is 6.07 Å². The average Bonchev–Trinajstić information content (AvgIpc) is 2.95. The number of hydrogen-bond donors (Lipinski definition) is 3. The molecule has 23 heavy (non-hydrogen) atoms. The minimum absolute atomic E-state index is 0.00181. The Morgan fingerprint density at radius 2 is 2.09 bits per heavy atom. The third-order valence-corrected chi connectivity index (χ3v) is 3.08. The molecule has 0 radical (unpaired) electrons. The maximum absolute atomic E-state index is 12.3. The number of amides is 1. The summed E-state index contributed by atoms with van der Waals surface area (Å²) < 4.78 is 9.85. The normalized spacial score (nSPS) is 10.2. The monoisotopic (exact) mass is 319 g/mol. The van der Waals surface area contributed by atoms with Crippen molar-refractivity contribution >= 4 is 17.7 Å². The topological polar surface area (TPSA) is 114 Å². The quantitative estimate of drug-likeness (QED) is 0.688. The van der Waals surface area contributed by atoms with Gasteiger partial charge in [-0.15, -0.1) is 0 Å². The molecule has 0 saturated heterocycles. The number of carbonyl (C=O) groups excluding carboxylic acids is 2. The smallest absolute Gasteiger partial charge is 0.347 e. The van der Waals surface area contributed by atoms with E-state index in [2.05, 4.69) is 20.3 Å². The van der Waals surface area contributed by atoms with Crippen molar-refractivity contribution in [2.24, 2.45) is 0 Å². The number of nitrogens with zero attached hydrogens (tertiary/aromatic N) is 1. The van der Waals surface area contributed by atoms with Crippen LogP contribution in [0.15, 0.2) is 24.3 Å². The van der Waals surface area contributed by atoms with E-state index >= 15 is 0 Å². The predicted molar refractivity (Wildman–Crippen MR) is 81.6 cm³/mol. The molecule has 0 spiro atoms. The lowest BCUT2D eigenvalue weighted by Gasteiger charge is -2.07. The van der Waals surface area contributed by atoms with E-state index in [1.54, 1.807) is 25.1 Å². The van der Waals surface area contributed by atoms with E-state index in [-0.39, 0.29) is 30.5 Å². The maximum atomic E-state index is 12.3. The van der Waals surface area contributed by atoms with E-state index in [9.17, 15) is 9.59 Å². The van der Waals surface area contributed by atoms with Gasteiger partial charge >= 0.3 is 5.97 Å². The van der Waals surface area contributed by atoms with Gasteiger partial charge in [0.2, 0.25) is 5.88 Å². The molecule has 0 fully saturated rings. The maximum Gasteiger partial charge on any atom is 0.347 e. The van der Waals surface area contributed by atoms with Crippen molar-refractivity contribution in [3.05, 3.63) is 41.0 Å². The van der Waals surface area contributed by atoms with Crippen LogP contribution in [0.5, 0.6) is 5.88 Å². The van der Waals surface area contributed by atoms with Gasteiger partial charge in [-0.3, -0.25) is 4.79 Å². The zero-order valence-corrected chi connectivity index (χ0v) is 12.8. The summed E-state index contributed by atoms with van der Waals surface area (Å²) in [6.07, 6.45) is 0. The molecule has 0 aliphatic rings. The first kappa shape index (κ1) is 16.5. The first-order valence-corrected chi connectivity index (χ1v) is 6.85. The molecule has 3 N–H and O–H groups in total. The molecule has 1 heterocycles. The van der Waals surface area contributed by atoms with Gasteiger partial charge in [-0.25, -0.2) is 9.89 Å². The molecule has 2 aromatic rings. The Bertz CT molecular complexity index is 711. The molecule has 8 nitrogen and oxygen atoms in total. The molecule has 8 heteroatoms. The fraction of sp³-hybridized carbons (Fsp3) is 0.267. The van der Waals surface area contributed by atoms with Crippen LogP contribution in [-0.4, -0.2) is 47.5 Å². The molecule has 1 amide bonds. The lowest BCUT2D eigenvalue weighted by molar-refractivity contribution is 0.0596. The summed E-state index contributed by atoms with van der Waals surface area (Å²) in [4.78, 5) is 24.2. The minimum Gasteiger partial charge on any atom is -0.475 e. The van der Waals surface area contributed by atoms with Gasteiger partial charge in [0.15, 0.2) is 11.4 Å². The Hall–Kier alpha value is -2.87. The van der Waals surface area contributed by atoms with Gasteiger partial charge in [-0.2, -0.15) is 5.10 Å². The molecule has 2 rings (SSSR count). The number of anilines is 1. The largest absolute Gasteiger partial charge is 0.475 e. The van der Waals surface area contributed by atoms with Crippen molar-refractivity contribution in [1.82, 2.24) is 10.2 Å². The van der Waals surface area contributed by atoms with Crippen LogP contribution in [0.4, 0.5) is 5.82 Å². The number of aliphatic hydroxyl groups excluding tert-OH is 1. The Balaban J connectivity index is 2.29. The highest BCUT2D eigenvalue weighted by Gasteiger charge is 2.24. The Labute approximate surface area is 132 Å². The van der Waals surface area contributed by atoms with Crippen LogP contribution >= 0.6 is 0 Å². The average molecular weight is 319 g/mol. The van der Waals surface area contributed by atoms with Gasteiger partial charge in [0, 0.05) is 5.56 Å². The number of hydrogen-bond acceptors (Lipinski definition) is 6. The number of carbonyl (C=O) groups is 2. The number of rotatable bonds is 6. The number of aryl methyl sites for hydroxylation is 1. The molecular formula is C15H17N3O5. The van der Waals surface area contributed by atoms with Gasteiger partial charge in [-0.1, -0.05) is 18.2 Å². The van der Waals surface area contributed by atoms with Crippen molar-refractivity contribution < 1.29 is 24.2 Å². The SMILES string of the molecule is COC(=O)c1c(NC(=O)c2ccccc2C)n[nH]c1OCCO. The second-order valence-corrected chi connectivity index (χ2v) is 4.61. The summed E-state index contributed by atoms with van der Waals surface area (Å²) in [6, 6.07) is 7.03. The fourth-order valence-corrected chi connectivity index (χ4v) is 1.96. The highest BCUT2D eigenvalue weighted by molar-refractivity contribution is 6.08. The molecule has 0 bridgehead atoms. The number of aromatic nitrogens is 2. The zero-order chi connectivity index (χ0) is 16.8. The molecule has 0 aliphatic carbocycles. The van der Waals surface area contributed by atoms with Crippen LogP contribution in [0.3, 0.4) is 0 Å². The van der Waals surface area contributed by atoms with Gasteiger partial charge in [0.05, 0.1) is 13.7 Å². The Morgan fingerprint density at radius 1 is 1.35 bits per heavy atom. The van der Waals surface area contributed by atoms with Crippen molar-refractivity contribution in [2.75, 3.05) is 25.6 Å². The molecule has 0 aliphatic heterocycles. The third-order valence-electron chi connectivity index (χ3n) is 3.08. The van der Waals surface area contributed by atoms with Crippen molar-refractivity contribution in [3.63, 3.8) is 0 Å². The van der Waals surface area contributed by atoms with Gasteiger partial charge in [-0.05, 0) is 18.6 Å². The van der Waals surface area contributed by atoms with Crippen LogP contribution in [0.25, 0.3) is 0 Å². The molecule has 0 atom stereocenters.